The number of nitrogens with one attached hydrogen (secondary N) is 1. The van der Waals surface area contributed by atoms with E-state index >= 15 is 0 Å². The Kier molecular flexibility index (Phi) is 5.35. The third kappa shape index (κ3) is 3.68. The number of amides is 1. The maximum absolute atomic E-state index is 12.7. The number of hydrogen-bond acceptors (Lipinski definition) is 1. The third-order valence-corrected chi connectivity index (χ3v) is 6.10. The molecule has 1 N–H and O–H groups in total. The van der Waals surface area contributed by atoms with E-state index in [1.165, 1.54) is 24.0 Å². The van der Waals surface area contributed by atoms with E-state index in [0.717, 1.165) is 39.0 Å². The SMILES string of the molecule is O=C(C1CCCC1)N1CC[NH+](C(c2ccccc2)c2ccccc2)CC1. The van der Waals surface area contributed by atoms with E-state index in [1.807, 2.05) is 0 Å². The van der Waals surface area contributed by atoms with Crippen molar-refractivity contribution in [2.24, 2.45) is 5.92 Å². The normalized spacial score (nSPS) is 19.2. The zero-order valence-corrected chi connectivity index (χ0v) is 15.4. The number of rotatable bonds is 4. The van der Waals surface area contributed by atoms with E-state index in [4.69, 9.17) is 0 Å². The molecule has 1 saturated carbocycles. The summed E-state index contributed by atoms with van der Waals surface area (Å²) in [5, 5.41) is 0. The molecule has 1 amide bonds. The minimum atomic E-state index is 0.301. The molecule has 2 fully saturated rings. The van der Waals surface area contributed by atoms with Gasteiger partial charge in [-0.25, -0.2) is 0 Å². The van der Waals surface area contributed by atoms with Crippen LogP contribution in [0.1, 0.15) is 42.9 Å². The quantitative estimate of drug-likeness (QED) is 0.902. The summed E-state index contributed by atoms with van der Waals surface area (Å²) in [6, 6.07) is 22.0. The Bertz CT molecular complexity index is 662. The van der Waals surface area contributed by atoms with Crippen molar-refractivity contribution in [2.75, 3.05) is 26.2 Å². The Balaban J connectivity index is 1.49. The van der Waals surface area contributed by atoms with Gasteiger partial charge in [0.05, 0.1) is 26.2 Å². The highest BCUT2D eigenvalue weighted by atomic mass is 16.2. The van der Waals surface area contributed by atoms with E-state index in [0.29, 0.717) is 17.9 Å². The third-order valence-electron chi connectivity index (χ3n) is 6.10. The highest BCUT2D eigenvalue weighted by molar-refractivity contribution is 5.79. The molecule has 26 heavy (non-hydrogen) atoms. The van der Waals surface area contributed by atoms with Gasteiger partial charge in [-0.05, 0) is 12.8 Å². The molecule has 0 atom stereocenters. The Morgan fingerprint density at radius 1 is 0.846 bits per heavy atom. The van der Waals surface area contributed by atoms with Crippen molar-refractivity contribution in [1.29, 1.82) is 0 Å². The summed E-state index contributed by atoms with van der Waals surface area (Å²) >= 11 is 0. The second-order valence-electron chi connectivity index (χ2n) is 7.72. The molecule has 0 bridgehead atoms. The van der Waals surface area contributed by atoms with Crippen LogP contribution in [-0.4, -0.2) is 37.0 Å². The largest absolute Gasteiger partial charge is 0.331 e. The molecule has 1 aliphatic heterocycles. The average molecular weight is 349 g/mol. The fourth-order valence-electron chi connectivity index (χ4n) is 4.69. The molecule has 1 saturated heterocycles. The molecule has 3 heteroatoms. The molecule has 0 spiro atoms. The summed E-state index contributed by atoms with van der Waals surface area (Å²) in [7, 11) is 0. The lowest BCUT2D eigenvalue weighted by molar-refractivity contribution is -0.929. The molecule has 1 heterocycles. The van der Waals surface area contributed by atoms with Gasteiger partial charge < -0.3 is 9.80 Å². The monoisotopic (exact) mass is 349 g/mol. The average Bonchev–Trinajstić information content (AvgIpc) is 3.25. The highest BCUT2D eigenvalue weighted by Crippen LogP contribution is 2.26. The molecule has 3 nitrogen and oxygen atoms in total. The highest BCUT2D eigenvalue weighted by Gasteiger charge is 2.34. The second-order valence-corrected chi connectivity index (χ2v) is 7.72. The van der Waals surface area contributed by atoms with Gasteiger partial charge in [-0.2, -0.15) is 0 Å². The summed E-state index contributed by atoms with van der Waals surface area (Å²) in [6.45, 7) is 3.82. The zero-order chi connectivity index (χ0) is 17.8. The topological polar surface area (TPSA) is 24.8 Å². The molecule has 2 aromatic rings. The van der Waals surface area contributed by atoms with E-state index in [9.17, 15) is 4.79 Å². The van der Waals surface area contributed by atoms with Gasteiger partial charge in [0.2, 0.25) is 5.91 Å². The molecule has 0 unspecified atom stereocenters. The van der Waals surface area contributed by atoms with Crippen LogP contribution < -0.4 is 4.90 Å². The van der Waals surface area contributed by atoms with Crippen LogP contribution in [0, 0.1) is 5.92 Å². The van der Waals surface area contributed by atoms with Gasteiger partial charge >= 0.3 is 0 Å². The van der Waals surface area contributed by atoms with Gasteiger partial charge in [-0.15, -0.1) is 0 Å². The van der Waals surface area contributed by atoms with Crippen molar-refractivity contribution in [3.63, 3.8) is 0 Å². The first kappa shape index (κ1) is 17.3. The van der Waals surface area contributed by atoms with Crippen molar-refractivity contribution in [2.45, 2.75) is 31.7 Å². The summed E-state index contributed by atoms with van der Waals surface area (Å²) in [4.78, 5) is 16.4. The van der Waals surface area contributed by atoms with Crippen molar-refractivity contribution in [3.8, 4) is 0 Å². The van der Waals surface area contributed by atoms with Crippen molar-refractivity contribution in [3.05, 3.63) is 71.8 Å². The Morgan fingerprint density at radius 3 is 1.85 bits per heavy atom. The lowest BCUT2D eigenvalue weighted by atomic mass is 9.96. The molecule has 4 rings (SSSR count). The van der Waals surface area contributed by atoms with Crippen LogP contribution in [0.5, 0.6) is 0 Å². The summed E-state index contributed by atoms with van der Waals surface area (Å²) in [5.41, 5.74) is 2.73. The molecule has 0 radical (unpaired) electrons. The molecule has 1 aliphatic carbocycles. The number of carbonyl (C=O) groups excluding carboxylic acids is 1. The number of quaternary nitrogens is 1. The molecule has 0 aromatic heterocycles. The van der Waals surface area contributed by atoms with Crippen LogP contribution in [0.4, 0.5) is 0 Å². The molecular weight excluding hydrogens is 320 g/mol. The predicted molar refractivity (Wildman–Crippen MR) is 104 cm³/mol. The number of piperazine rings is 1. The van der Waals surface area contributed by atoms with Crippen molar-refractivity contribution >= 4 is 5.91 Å². The minimum absolute atomic E-state index is 0.301. The number of hydrogen-bond donors (Lipinski definition) is 1. The fourth-order valence-corrected chi connectivity index (χ4v) is 4.69. The van der Waals surface area contributed by atoms with E-state index in [1.54, 1.807) is 4.90 Å². The van der Waals surface area contributed by atoms with Crippen molar-refractivity contribution < 1.29 is 9.69 Å². The summed E-state index contributed by atoms with van der Waals surface area (Å²) < 4.78 is 0. The second kappa shape index (κ2) is 8.05. The Labute approximate surface area is 156 Å². The molecular formula is C23H29N2O+. The first-order chi connectivity index (χ1) is 12.8. The van der Waals surface area contributed by atoms with Gasteiger partial charge in [-0.3, -0.25) is 4.79 Å². The van der Waals surface area contributed by atoms with Gasteiger partial charge in [0.15, 0.2) is 0 Å². The van der Waals surface area contributed by atoms with Crippen LogP contribution in [0.2, 0.25) is 0 Å². The van der Waals surface area contributed by atoms with E-state index in [-0.39, 0.29) is 0 Å². The predicted octanol–water partition coefficient (Wildman–Crippen LogP) is 2.69. The van der Waals surface area contributed by atoms with Gasteiger partial charge in [-0.1, -0.05) is 73.5 Å². The summed E-state index contributed by atoms with van der Waals surface area (Å²) in [6.07, 6.45) is 4.66. The Hall–Kier alpha value is -2.13. The zero-order valence-electron chi connectivity index (χ0n) is 15.4. The number of benzene rings is 2. The minimum Gasteiger partial charge on any atom is -0.331 e. The number of nitrogens with zero attached hydrogens (tertiary/aromatic N) is 1. The maximum atomic E-state index is 12.7. The lowest BCUT2D eigenvalue weighted by Gasteiger charge is -2.37. The molecule has 2 aromatic carbocycles. The van der Waals surface area contributed by atoms with Gasteiger partial charge in [0, 0.05) is 17.0 Å². The molecule has 136 valence electrons. The van der Waals surface area contributed by atoms with Crippen LogP contribution in [0.15, 0.2) is 60.7 Å². The summed E-state index contributed by atoms with van der Waals surface area (Å²) in [5.74, 6) is 0.716. The smallest absolute Gasteiger partial charge is 0.226 e. The van der Waals surface area contributed by atoms with E-state index in [2.05, 4.69) is 65.6 Å². The molecule has 2 aliphatic rings. The van der Waals surface area contributed by atoms with Crippen molar-refractivity contribution in [1.82, 2.24) is 4.90 Å². The van der Waals surface area contributed by atoms with Crippen LogP contribution >= 0.6 is 0 Å². The first-order valence-electron chi connectivity index (χ1n) is 10.1. The number of carbonyl (C=O) groups is 1. The van der Waals surface area contributed by atoms with E-state index < -0.39 is 0 Å². The van der Waals surface area contributed by atoms with Gasteiger partial charge in [0.25, 0.3) is 0 Å². The standard InChI is InChI=1S/C23H28N2O/c26-23(21-13-7-8-14-21)25-17-15-24(16-18-25)22(19-9-3-1-4-10-19)20-11-5-2-6-12-20/h1-6,9-12,21-22H,7-8,13-18H2/p+1. The van der Waals surface area contributed by atoms with Crippen LogP contribution in [0.3, 0.4) is 0 Å². The van der Waals surface area contributed by atoms with Gasteiger partial charge in [0.1, 0.15) is 6.04 Å². The Morgan fingerprint density at radius 2 is 1.35 bits per heavy atom. The van der Waals surface area contributed by atoms with Crippen LogP contribution in [-0.2, 0) is 4.79 Å². The fraction of sp³-hybridized carbons (Fsp3) is 0.435. The maximum Gasteiger partial charge on any atom is 0.226 e. The van der Waals surface area contributed by atoms with Crippen LogP contribution in [0.25, 0.3) is 0 Å². The lowest BCUT2D eigenvalue weighted by Crippen LogP contribution is -3.15. The first-order valence-corrected chi connectivity index (χ1v) is 10.1.